The van der Waals surface area contributed by atoms with Gasteiger partial charge in [-0.2, -0.15) is 0 Å². The molecule has 28 heavy (non-hydrogen) atoms. The van der Waals surface area contributed by atoms with Crippen molar-refractivity contribution in [3.63, 3.8) is 0 Å². The summed E-state index contributed by atoms with van der Waals surface area (Å²) in [6.45, 7) is 1.17. The number of benzene rings is 2. The number of nitrogens with zero attached hydrogens (tertiary/aromatic N) is 2. The van der Waals surface area contributed by atoms with Crippen molar-refractivity contribution in [1.82, 2.24) is 15.1 Å². The van der Waals surface area contributed by atoms with Crippen molar-refractivity contribution >= 4 is 11.9 Å². The summed E-state index contributed by atoms with van der Waals surface area (Å²) in [6, 6.07) is 18.3. The third-order valence-electron chi connectivity index (χ3n) is 5.91. The molecular formula is C23H27N3O2. The number of carbonyl (C=O) groups excluding carboxylic acids is 2. The Morgan fingerprint density at radius 3 is 2.54 bits per heavy atom. The summed E-state index contributed by atoms with van der Waals surface area (Å²) in [5.41, 5.74) is 2.99. The van der Waals surface area contributed by atoms with Gasteiger partial charge in [-0.15, -0.1) is 0 Å². The van der Waals surface area contributed by atoms with Crippen molar-refractivity contribution in [2.45, 2.75) is 37.6 Å². The van der Waals surface area contributed by atoms with E-state index in [4.69, 9.17) is 0 Å². The van der Waals surface area contributed by atoms with Crippen molar-refractivity contribution in [3.05, 3.63) is 71.3 Å². The molecule has 1 heterocycles. The van der Waals surface area contributed by atoms with Crippen LogP contribution in [0.1, 0.15) is 29.5 Å². The molecule has 2 aromatic rings. The normalized spacial score (nSPS) is 21.3. The van der Waals surface area contributed by atoms with Crippen LogP contribution in [0.3, 0.4) is 0 Å². The Bertz CT molecular complexity index is 867. The minimum Gasteiger partial charge on any atom is -0.323 e. The van der Waals surface area contributed by atoms with Crippen molar-refractivity contribution in [1.29, 1.82) is 0 Å². The number of imide groups is 1. The van der Waals surface area contributed by atoms with E-state index in [1.54, 1.807) is 0 Å². The highest BCUT2D eigenvalue weighted by Crippen LogP contribution is 2.33. The van der Waals surface area contributed by atoms with Crippen LogP contribution in [-0.2, 0) is 24.1 Å². The highest BCUT2D eigenvalue weighted by molar-refractivity contribution is 6.07. The van der Waals surface area contributed by atoms with E-state index in [-0.39, 0.29) is 11.9 Å². The molecule has 0 aromatic heterocycles. The Morgan fingerprint density at radius 1 is 1.04 bits per heavy atom. The van der Waals surface area contributed by atoms with Crippen molar-refractivity contribution in [2.24, 2.45) is 0 Å². The summed E-state index contributed by atoms with van der Waals surface area (Å²) in [6.07, 6.45) is 4.06. The van der Waals surface area contributed by atoms with Crippen LogP contribution in [0.5, 0.6) is 0 Å². The number of aryl methyl sites for hydroxylation is 2. The van der Waals surface area contributed by atoms with E-state index < -0.39 is 5.54 Å². The quantitative estimate of drug-likeness (QED) is 0.788. The summed E-state index contributed by atoms with van der Waals surface area (Å²) in [4.78, 5) is 29.2. The van der Waals surface area contributed by atoms with Gasteiger partial charge in [0.1, 0.15) is 5.54 Å². The van der Waals surface area contributed by atoms with Gasteiger partial charge in [-0.1, -0.05) is 54.6 Å². The molecule has 2 aliphatic rings. The first-order chi connectivity index (χ1) is 13.6. The van der Waals surface area contributed by atoms with Crippen LogP contribution < -0.4 is 5.32 Å². The maximum Gasteiger partial charge on any atom is 0.326 e. The summed E-state index contributed by atoms with van der Waals surface area (Å²) < 4.78 is 0. The van der Waals surface area contributed by atoms with Gasteiger partial charge in [-0.05, 0) is 56.0 Å². The number of amides is 3. The van der Waals surface area contributed by atoms with Gasteiger partial charge in [0, 0.05) is 6.42 Å². The van der Waals surface area contributed by atoms with Crippen LogP contribution >= 0.6 is 0 Å². The smallest absolute Gasteiger partial charge is 0.323 e. The number of rotatable bonds is 6. The fraction of sp³-hybridized carbons (Fsp3) is 0.391. The highest BCUT2D eigenvalue weighted by Gasteiger charge is 2.52. The third-order valence-corrected chi connectivity index (χ3v) is 5.91. The number of urea groups is 1. The predicted molar refractivity (Wildman–Crippen MR) is 109 cm³/mol. The van der Waals surface area contributed by atoms with Crippen molar-refractivity contribution < 1.29 is 9.59 Å². The largest absolute Gasteiger partial charge is 0.326 e. The fourth-order valence-corrected chi connectivity index (χ4v) is 4.34. The standard InChI is InChI=1S/C23H27N3O2/c1-25(15-7-10-18-8-3-2-4-9-18)17-26-21(27)23(24-22(26)28)14-13-19-11-5-6-12-20(19)16-23/h2-6,8-9,11-12H,7,10,13-17H2,1H3,(H,24,28). The van der Waals surface area contributed by atoms with Crippen LogP contribution in [0.4, 0.5) is 4.79 Å². The Balaban J connectivity index is 1.35. The second kappa shape index (κ2) is 7.76. The van der Waals surface area contributed by atoms with E-state index in [1.807, 2.05) is 37.4 Å². The van der Waals surface area contributed by atoms with Crippen molar-refractivity contribution in [3.8, 4) is 0 Å². The van der Waals surface area contributed by atoms with Gasteiger partial charge in [-0.3, -0.25) is 9.69 Å². The number of fused-ring (bicyclic) bond motifs is 1. The lowest BCUT2D eigenvalue weighted by Crippen LogP contribution is -2.51. The minimum absolute atomic E-state index is 0.0816. The van der Waals surface area contributed by atoms with Crippen molar-refractivity contribution in [2.75, 3.05) is 20.3 Å². The summed E-state index contributed by atoms with van der Waals surface area (Å²) in [7, 11) is 1.96. The lowest BCUT2D eigenvalue weighted by atomic mass is 9.78. The second-order valence-corrected chi connectivity index (χ2v) is 8.00. The average molecular weight is 377 g/mol. The molecule has 0 saturated carbocycles. The first-order valence-electron chi connectivity index (χ1n) is 10.0. The molecule has 0 radical (unpaired) electrons. The van der Waals surface area contributed by atoms with Gasteiger partial charge < -0.3 is 5.32 Å². The average Bonchev–Trinajstić information content (AvgIpc) is 2.92. The molecule has 1 aliphatic heterocycles. The molecule has 1 N–H and O–H groups in total. The molecule has 5 nitrogen and oxygen atoms in total. The van der Waals surface area contributed by atoms with E-state index in [2.05, 4.69) is 34.5 Å². The number of hydrogen-bond acceptors (Lipinski definition) is 3. The molecule has 1 fully saturated rings. The summed E-state index contributed by atoms with van der Waals surface area (Å²) >= 11 is 0. The topological polar surface area (TPSA) is 52.6 Å². The first kappa shape index (κ1) is 18.7. The molecule has 1 spiro atoms. The van der Waals surface area contributed by atoms with Crippen LogP contribution in [-0.4, -0.2) is 47.5 Å². The van der Waals surface area contributed by atoms with Gasteiger partial charge in [0.2, 0.25) is 0 Å². The molecule has 1 atom stereocenters. The lowest BCUT2D eigenvalue weighted by molar-refractivity contribution is -0.133. The fourth-order valence-electron chi connectivity index (χ4n) is 4.34. The van der Waals surface area contributed by atoms with E-state index in [9.17, 15) is 9.59 Å². The minimum atomic E-state index is -0.768. The monoisotopic (exact) mass is 377 g/mol. The molecule has 1 aliphatic carbocycles. The SMILES string of the molecule is CN(CCCc1ccccc1)CN1C(=O)NC2(CCc3ccccc3C2)C1=O. The maximum absolute atomic E-state index is 13.1. The lowest BCUT2D eigenvalue weighted by Gasteiger charge is -2.32. The number of hydrogen-bond donors (Lipinski definition) is 1. The summed E-state index contributed by atoms with van der Waals surface area (Å²) in [5, 5.41) is 3.01. The molecule has 0 bridgehead atoms. The van der Waals surface area contributed by atoms with E-state index in [0.29, 0.717) is 19.5 Å². The van der Waals surface area contributed by atoms with E-state index >= 15 is 0 Å². The zero-order valence-electron chi connectivity index (χ0n) is 16.4. The van der Waals surface area contributed by atoms with Gasteiger partial charge in [0.25, 0.3) is 5.91 Å². The number of nitrogens with one attached hydrogen (secondary N) is 1. The van der Waals surface area contributed by atoms with Gasteiger partial charge in [0.15, 0.2) is 0 Å². The Hall–Kier alpha value is -2.66. The first-order valence-corrected chi connectivity index (χ1v) is 10.0. The van der Waals surface area contributed by atoms with Gasteiger partial charge >= 0.3 is 6.03 Å². The number of carbonyl (C=O) groups is 2. The van der Waals surface area contributed by atoms with Gasteiger partial charge in [0.05, 0.1) is 6.67 Å². The maximum atomic E-state index is 13.1. The Labute approximate surface area is 166 Å². The molecule has 3 amide bonds. The Kier molecular flexibility index (Phi) is 5.18. The van der Waals surface area contributed by atoms with Crippen LogP contribution in [0.25, 0.3) is 0 Å². The van der Waals surface area contributed by atoms with Crippen LogP contribution in [0.15, 0.2) is 54.6 Å². The molecule has 146 valence electrons. The van der Waals surface area contributed by atoms with Gasteiger partial charge in [-0.25, -0.2) is 9.69 Å². The van der Waals surface area contributed by atoms with Crippen LogP contribution in [0, 0.1) is 0 Å². The zero-order chi connectivity index (χ0) is 19.6. The molecular weight excluding hydrogens is 350 g/mol. The molecule has 2 aromatic carbocycles. The molecule has 4 rings (SSSR count). The van der Waals surface area contributed by atoms with E-state index in [0.717, 1.165) is 25.8 Å². The second-order valence-electron chi connectivity index (χ2n) is 8.00. The van der Waals surface area contributed by atoms with Crippen LogP contribution in [0.2, 0.25) is 0 Å². The highest BCUT2D eigenvalue weighted by atomic mass is 16.2. The zero-order valence-corrected chi connectivity index (χ0v) is 16.4. The van der Waals surface area contributed by atoms with E-state index in [1.165, 1.54) is 21.6 Å². The molecule has 5 heteroatoms. The third kappa shape index (κ3) is 3.67. The summed E-state index contributed by atoms with van der Waals surface area (Å²) in [5.74, 6) is -0.0816. The predicted octanol–water partition coefficient (Wildman–Crippen LogP) is 2.99. The molecule has 1 saturated heterocycles. The Morgan fingerprint density at radius 2 is 1.75 bits per heavy atom. The molecule has 1 unspecified atom stereocenters.